The molecule has 1 N–H and O–H groups in total. The second-order valence-corrected chi connectivity index (χ2v) is 5.92. The molecule has 0 spiro atoms. The molecule has 0 saturated carbocycles. The molecular weight excluding hydrogens is 336 g/mol. The molecule has 0 unspecified atom stereocenters. The molecule has 0 heterocycles. The van der Waals surface area contributed by atoms with E-state index in [0.29, 0.717) is 5.92 Å². The Bertz CT molecular complexity index is 741. The molecule has 0 aliphatic carbocycles. The fraction of sp³-hybridized carbons (Fsp3) is 0.375. The van der Waals surface area contributed by atoms with Crippen molar-refractivity contribution in [2.45, 2.75) is 54.4 Å². The lowest BCUT2D eigenvalue weighted by molar-refractivity contribution is 0.0697. The summed E-state index contributed by atoms with van der Waals surface area (Å²) in [5.74, 6) is 0.298. The fourth-order valence-corrected chi connectivity index (χ4v) is 2.62. The van der Waals surface area contributed by atoms with Crippen LogP contribution in [0.15, 0.2) is 43.0 Å². The van der Waals surface area contributed by atoms with Gasteiger partial charge in [0.25, 0.3) is 0 Å². The van der Waals surface area contributed by atoms with Crippen LogP contribution in [0, 0.1) is 6.92 Å². The van der Waals surface area contributed by atoms with Gasteiger partial charge in [0.15, 0.2) is 0 Å². The molecule has 27 heavy (non-hydrogen) atoms. The van der Waals surface area contributed by atoms with E-state index < -0.39 is 5.97 Å². The quantitative estimate of drug-likeness (QED) is 0.620. The molecule has 3 heteroatoms. The SMILES string of the molecule is C=C(c1ccc(C(=O)O)cc1)c1cc(C(C)C)c(OC)cc1C.CC.CC. The zero-order valence-electron chi connectivity index (χ0n) is 18.0. The summed E-state index contributed by atoms with van der Waals surface area (Å²) >= 11 is 0. The zero-order valence-corrected chi connectivity index (χ0v) is 18.0. The lowest BCUT2D eigenvalue weighted by Crippen LogP contribution is -2.00. The summed E-state index contributed by atoms with van der Waals surface area (Å²) in [6.45, 7) is 18.5. The van der Waals surface area contributed by atoms with Crippen molar-refractivity contribution in [3.63, 3.8) is 0 Å². The number of aryl methyl sites for hydroxylation is 1. The van der Waals surface area contributed by atoms with Gasteiger partial charge in [-0.05, 0) is 64.9 Å². The first-order valence-corrected chi connectivity index (χ1v) is 9.56. The summed E-state index contributed by atoms with van der Waals surface area (Å²) in [4.78, 5) is 11.0. The third kappa shape index (κ3) is 6.28. The van der Waals surface area contributed by atoms with Crippen LogP contribution >= 0.6 is 0 Å². The van der Waals surface area contributed by atoms with E-state index in [-0.39, 0.29) is 5.56 Å². The molecule has 3 nitrogen and oxygen atoms in total. The van der Waals surface area contributed by atoms with Crippen LogP contribution in [0.25, 0.3) is 5.57 Å². The van der Waals surface area contributed by atoms with E-state index in [0.717, 1.165) is 33.6 Å². The summed E-state index contributed by atoms with van der Waals surface area (Å²) < 4.78 is 5.48. The van der Waals surface area contributed by atoms with Crippen LogP contribution in [0.3, 0.4) is 0 Å². The first-order valence-electron chi connectivity index (χ1n) is 9.56. The zero-order chi connectivity index (χ0) is 21.1. The van der Waals surface area contributed by atoms with Gasteiger partial charge in [0.1, 0.15) is 5.75 Å². The highest BCUT2D eigenvalue weighted by Crippen LogP contribution is 2.34. The van der Waals surface area contributed by atoms with Gasteiger partial charge in [0.2, 0.25) is 0 Å². The van der Waals surface area contributed by atoms with Crippen molar-refractivity contribution in [2.24, 2.45) is 0 Å². The third-order valence-corrected chi connectivity index (χ3v) is 4.00. The smallest absolute Gasteiger partial charge is 0.335 e. The fourth-order valence-electron chi connectivity index (χ4n) is 2.62. The van der Waals surface area contributed by atoms with Crippen LogP contribution in [0.1, 0.15) is 80.1 Å². The number of carboxylic acid groups (broad SMARTS) is 1. The van der Waals surface area contributed by atoms with Crippen LogP contribution in [-0.2, 0) is 0 Å². The van der Waals surface area contributed by atoms with Gasteiger partial charge in [0.05, 0.1) is 12.7 Å². The topological polar surface area (TPSA) is 46.5 Å². The maximum atomic E-state index is 11.0. The number of carbonyl (C=O) groups is 1. The van der Waals surface area contributed by atoms with E-state index in [9.17, 15) is 4.79 Å². The number of hydrogen-bond acceptors (Lipinski definition) is 2. The molecule has 0 fully saturated rings. The Morgan fingerprint density at radius 3 is 1.89 bits per heavy atom. The van der Waals surface area contributed by atoms with Crippen LogP contribution in [-0.4, -0.2) is 18.2 Å². The molecule has 0 amide bonds. The monoisotopic (exact) mass is 370 g/mol. The van der Waals surface area contributed by atoms with Gasteiger partial charge in [-0.1, -0.05) is 60.3 Å². The maximum Gasteiger partial charge on any atom is 0.335 e. The average Bonchev–Trinajstić information content (AvgIpc) is 2.70. The van der Waals surface area contributed by atoms with Gasteiger partial charge < -0.3 is 9.84 Å². The van der Waals surface area contributed by atoms with E-state index in [1.807, 2.05) is 40.7 Å². The minimum absolute atomic E-state index is 0.274. The number of rotatable bonds is 5. The Labute approximate surface area is 164 Å². The predicted octanol–water partition coefficient (Wildman–Crippen LogP) is 6.94. The Hall–Kier alpha value is -2.55. The predicted molar refractivity (Wildman–Crippen MR) is 116 cm³/mol. The Morgan fingerprint density at radius 2 is 1.48 bits per heavy atom. The van der Waals surface area contributed by atoms with Crippen molar-refractivity contribution in [2.75, 3.05) is 7.11 Å². The van der Waals surface area contributed by atoms with Crippen molar-refractivity contribution < 1.29 is 14.6 Å². The maximum absolute atomic E-state index is 11.0. The standard InChI is InChI=1S/C20H22O3.2C2H6/c1-12(2)17-11-18(13(3)10-19(17)23-5)14(4)15-6-8-16(9-7-15)20(21)22;2*1-2/h6-12H,4H2,1-3,5H3,(H,21,22);2*1-2H3. The van der Waals surface area contributed by atoms with Crippen molar-refractivity contribution >= 4 is 11.5 Å². The molecule has 0 radical (unpaired) electrons. The van der Waals surface area contributed by atoms with Gasteiger partial charge >= 0.3 is 5.97 Å². The van der Waals surface area contributed by atoms with E-state index in [1.165, 1.54) is 0 Å². The van der Waals surface area contributed by atoms with Gasteiger partial charge in [0, 0.05) is 0 Å². The van der Waals surface area contributed by atoms with Gasteiger partial charge in [-0.25, -0.2) is 4.79 Å². The number of methoxy groups -OCH3 is 1. The van der Waals surface area contributed by atoms with E-state index in [2.05, 4.69) is 26.5 Å². The molecule has 0 saturated heterocycles. The second kappa shape index (κ2) is 11.9. The van der Waals surface area contributed by atoms with E-state index in [4.69, 9.17) is 9.84 Å². The Morgan fingerprint density at radius 1 is 1.00 bits per heavy atom. The molecule has 0 aliphatic heterocycles. The van der Waals surface area contributed by atoms with Crippen LogP contribution in [0.5, 0.6) is 5.75 Å². The average molecular weight is 371 g/mol. The van der Waals surface area contributed by atoms with E-state index >= 15 is 0 Å². The molecule has 2 aromatic rings. The minimum Gasteiger partial charge on any atom is -0.496 e. The minimum atomic E-state index is -0.926. The number of ether oxygens (including phenoxy) is 1. The van der Waals surface area contributed by atoms with Crippen LogP contribution < -0.4 is 4.74 Å². The Kier molecular flexibility index (Phi) is 10.8. The van der Waals surface area contributed by atoms with Crippen molar-refractivity contribution in [3.05, 3.63) is 70.8 Å². The van der Waals surface area contributed by atoms with E-state index in [1.54, 1.807) is 31.4 Å². The lowest BCUT2D eigenvalue weighted by Gasteiger charge is -2.17. The molecule has 2 rings (SSSR count). The van der Waals surface area contributed by atoms with Crippen molar-refractivity contribution in [1.29, 1.82) is 0 Å². The molecule has 2 aromatic carbocycles. The molecule has 0 aliphatic rings. The largest absolute Gasteiger partial charge is 0.496 e. The van der Waals surface area contributed by atoms with Crippen LogP contribution in [0.4, 0.5) is 0 Å². The summed E-state index contributed by atoms with van der Waals surface area (Å²) in [6, 6.07) is 10.9. The lowest BCUT2D eigenvalue weighted by atomic mass is 9.90. The highest BCUT2D eigenvalue weighted by Gasteiger charge is 2.14. The van der Waals surface area contributed by atoms with Crippen molar-refractivity contribution in [1.82, 2.24) is 0 Å². The summed E-state index contributed by atoms with van der Waals surface area (Å²) in [6.07, 6.45) is 0. The number of benzene rings is 2. The second-order valence-electron chi connectivity index (χ2n) is 5.92. The van der Waals surface area contributed by atoms with Crippen LogP contribution in [0.2, 0.25) is 0 Å². The molecule has 0 bridgehead atoms. The number of carboxylic acids is 1. The summed E-state index contributed by atoms with van der Waals surface area (Å²) in [5, 5.41) is 8.99. The highest BCUT2D eigenvalue weighted by atomic mass is 16.5. The molecular formula is C24H34O3. The first kappa shape index (κ1) is 24.5. The molecule has 148 valence electrons. The number of hydrogen-bond donors (Lipinski definition) is 1. The molecule has 0 atom stereocenters. The summed E-state index contributed by atoms with van der Waals surface area (Å²) in [5.41, 5.74) is 5.34. The van der Waals surface area contributed by atoms with Gasteiger partial charge in [-0.2, -0.15) is 0 Å². The first-order chi connectivity index (χ1) is 12.8. The van der Waals surface area contributed by atoms with Gasteiger partial charge in [-0.15, -0.1) is 0 Å². The van der Waals surface area contributed by atoms with Crippen molar-refractivity contribution in [3.8, 4) is 5.75 Å². The number of aromatic carboxylic acids is 1. The summed E-state index contributed by atoms with van der Waals surface area (Å²) in [7, 11) is 1.68. The molecule has 0 aromatic heterocycles. The Balaban J connectivity index is 0.00000158. The normalized spacial score (nSPS) is 9.52. The highest BCUT2D eigenvalue weighted by molar-refractivity contribution is 5.89. The van der Waals surface area contributed by atoms with Gasteiger partial charge in [-0.3, -0.25) is 0 Å². The third-order valence-electron chi connectivity index (χ3n) is 4.00.